The molecule has 8 nitrogen and oxygen atoms in total. The first kappa shape index (κ1) is 15.9. The summed E-state index contributed by atoms with van der Waals surface area (Å²) in [6.07, 6.45) is -0.391. The molecule has 2 aromatic heterocycles. The Hall–Kier alpha value is -1.93. The van der Waals surface area contributed by atoms with Gasteiger partial charge in [0.05, 0.1) is 29.6 Å². The molecule has 0 bridgehead atoms. The minimum Gasteiger partial charge on any atom is -0.423 e. The van der Waals surface area contributed by atoms with Crippen LogP contribution in [0.2, 0.25) is 5.02 Å². The average Bonchev–Trinajstić information content (AvgIpc) is 3.07. The standard InChI is InChI=1S/C14H18ClN5O3/c1-8-13(15)9(2)20(18-8)7-12(21)19-4-5-22-11(6-19)14-17-16-10(3)23-14/h11H,4-7H2,1-3H3/t11-/m0/s1. The van der Waals surface area contributed by atoms with Crippen LogP contribution in [0.3, 0.4) is 0 Å². The van der Waals surface area contributed by atoms with Gasteiger partial charge < -0.3 is 14.1 Å². The van der Waals surface area contributed by atoms with Crippen molar-refractivity contribution in [3.05, 3.63) is 28.2 Å². The molecule has 0 unspecified atom stereocenters. The maximum absolute atomic E-state index is 12.5. The summed E-state index contributed by atoms with van der Waals surface area (Å²) in [6, 6.07) is 0. The lowest BCUT2D eigenvalue weighted by Gasteiger charge is -2.31. The van der Waals surface area contributed by atoms with Gasteiger partial charge in [0.15, 0.2) is 6.10 Å². The SMILES string of the molecule is Cc1nnc([C@@H]2CN(C(=O)Cn3nc(C)c(Cl)c3C)CCO2)o1. The van der Waals surface area contributed by atoms with E-state index in [-0.39, 0.29) is 12.5 Å². The third-order valence-electron chi connectivity index (χ3n) is 3.81. The van der Waals surface area contributed by atoms with Crippen molar-refractivity contribution in [3.63, 3.8) is 0 Å². The molecule has 9 heteroatoms. The van der Waals surface area contributed by atoms with Gasteiger partial charge in [-0.1, -0.05) is 11.6 Å². The van der Waals surface area contributed by atoms with Gasteiger partial charge in [0, 0.05) is 13.5 Å². The van der Waals surface area contributed by atoms with Gasteiger partial charge in [-0.2, -0.15) is 5.10 Å². The molecule has 0 saturated carbocycles. The largest absolute Gasteiger partial charge is 0.423 e. The van der Waals surface area contributed by atoms with Gasteiger partial charge in [0.2, 0.25) is 17.7 Å². The van der Waals surface area contributed by atoms with Gasteiger partial charge in [-0.05, 0) is 13.8 Å². The molecule has 0 N–H and O–H groups in total. The van der Waals surface area contributed by atoms with Crippen molar-refractivity contribution in [2.75, 3.05) is 19.7 Å². The van der Waals surface area contributed by atoms with E-state index >= 15 is 0 Å². The van der Waals surface area contributed by atoms with Gasteiger partial charge in [0.1, 0.15) is 6.54 Å². The Kier molecular flexibility index (Phi) is 4.36. The highest BCUT2D eigenvalue weighted by molar-refractivity contribution is 6.31. The zero-order valence-corrected chi connectivity index (χ0v) is 14.0. The predicted molar refractivity (Wildman–Crippen MR) is 81.0 cm³/mol. The number of rotatable bonds is 3. The summed E-state index contributed by atoms with van der Waals surface area (Å²) >= 11 is 6.12. The van der Waals surface area contributed by atoms with Crippen molar-refractivity contribution < 1.29 is 13.9 Å². The molecule has 0 spiro atoms. The van der Waals surface area contributed by atoms with E-state index in [4.69, 9.17) is 20.8 Å². The normalized spacial score (nSPS) is 18.4. The second-order valence-electron chi connectivity index (χ2n) is 5.50. The van der Waals surface area contributed by atoms with E-state index in [1.165, 1.54) is 0 Å². The molecule has 3 rings (SSSR count). The average molecular weight is 340 g/mol. The highest BCUT2D eigenvalue weighted by Gasteiger charge is 2.29. The summed E-state index contributed by atoms with van der Waals surface area (Å²) in [5.41, 5.74) is 1.51. The van der Waals surface area contributed by atoms with E-state index in [1.807, 2.05) is 13.8 Å². The van der Waals surface area contributed by atoms with E-state index in [0.717, 1.165) is 11.4 Å². The van der Waals surface area contributed by atoms with Crippen LogP contribution in [0.1, 0.15) is 29.3 Å². The van der Waals surface area contributed by atoms with Gasteiger partial charge in [-0.15, -0.1) is 10.2 Å². The predicted octanol–water partition coefficient (Wildman–Crippen LogP) is 1.44. The monoisotopic (exact) mass is 339 g/mol. The lowest BCUT2D eigenvalue weighted by molar-refractivity contribution is -0.140. The molecular formula is C14H18ClN5O3. The van der Waals surface area contributed by atoms with Crippen LogP contribution < -0.4 is 0 Å². The van der Waals surface area contributed by atoms with Crippen molar-refractivity contribution in [3.8, 4) is 0 Å². The number of carbonyl (C=O) groups excluding carboxylic acids is 1. The van der Waals surface area contributed by atoms with Crippen molar-refractivity contribution in [2.24, 2.45) is 0 Å². The summed E-state index contributed by atoms with van der Waals surface area (Å²) in [5, 5.41) is 12.6. The summed E-state index contributed by atoms with van der Waals surface area (Å²) < 4.78 is 12.6. The first-order chi connectivity index (χ1) is 11.0. The smallest absolute Gasteiger partial charge is 0.246 e. The lowest BCUT2D eigenvalue weighted by atomic mass is 10.2. The fourth-order valence-electron chi connectivity index (χ4n) is 2.52. The van der Waals surface area contributed by atoms with Gasteiger partial charge in [0.25, 0.3) is 0 Å². The lowest BCUT2D eigenvalue weighted by Crippen LogP contribution is -2.44. The van der Waals surface area contributed by atoms with Gasteiger partial charge >= 0.3 is 0 Å². The van der Waals surface area contributed by atoms with E-state index in [0.29, 0.717) is 36.5 Å². The highest BCUT2D eigenvalue weighted by Crippen LogP contribution is 2.22. The molecule has 124 valence electrons. The third kappa shape index (κ3) is 3.23. The number of hydrogen-bond donors (Lipinski definition) is 0. The van der Waals surface area contributed by atoms with Crippen LogP contribution in [-0.4, -0.2) is 50.5 Å². The van der Waals surface area contributed by atoms with Crippen LogP contribution in [0.4, 0.5) is 0 Å². The van der Waals surface area contributed by atoms with E-state index < -0.39 is 6.10 Å². The number of hydrogen-bond acceptors (Lipinski definition) is 6. The van der Waals surface area contributed by atoms with Crippen LogP contribution in [0, 0.1) is 20.8 Å². The fourth-order valence-corrected chi connectivity index (χ4v) is 2.66. The second kappa shape index (κ2) is 6.29. The van der Waals surface area contributed by atoms with E-state index in [2.05, 4.69) is 15.3 Å². The van der Waals surface area contributed by atoms with E-state index in [9.17, 15) is 4.79 Å². The molecule has 1 aliphatic rings. The Balaban J connectivity index is 1.68. The molecule has 1 amide bonds. The van der Waals surface area contributed by atoms with Crippen molar-refractivity contribution >= 4 is 17.5 Å². The molecule has 2 aromatic rings. The molecule has 0 aromatic carbocycles. The third-order valence-corrected chi connectivity index (χ3v) is 4.36. The molecule has 0 aliphatic carbocycles. The molecular weight excluding hydrogens is 322 g/mol. The fraction of sp³-hybridized carbons (Fsp3) is 0.571. The molecule has 0 radical (unpaired) electrons. The molecule has 1 saturated heterocycles. The Labute approximate surface area is 138 Å². The number of aryl methyl sites for hydroxylation is 2. The Morgan fingerprint density at radius 2 is 2.13 bits per heavy atom. The number of nitrogens with zero attached hydrogens (tertiary/aromatic N) is 5. The molecule has 3 heterocycles. The molecule has 1 fully saturated rings. The minimum atomic E-state index is -0.391. The van der Waals surface area contributed by atoms with Crippen molar-refractivity contribution in [1.82, 2.24) is 24.9 Å². The van der Waals surface area contributed by atoms with Gasteiger partial charge in [-0.3, -0.25) is 9.48 Å². The number of carbonyl (C=O) groups is 1. The van der Waals surface area contributed by atoms with Gasteiger partial charge in [-0.25, -0.2) is 0 Å². The van der Waals surface area contributed by atoms with Crippen molar-refractivity contribution in [2.45, 2.75) is 33.4 Å². The summed E-state index contributed by atoms with van der Waals surface area (Å²) in [6.45, 7) is 6.86. The molecule has 1 aliphatic heterocycles. The maximum Gasteiger partial charge on any atom is 0.246 e. The minimum absolute atomic E-state index is 0.0446. The van der Waals surface area contributed by atoms with Crippen LogP contribution in [0.25, 0.3) is 0 Å². The first-order valence-corrected chi connectivity index (χ1v) is 7.72. The molecule has 23 heavy (non-hydrogen) atoms. The zero-order chi connectivity index (χ0) is 16.6. The Morgan fingerprint density at radius 3 is 2.74 bits per heavy atom. The van der Waals surface area contributed by atoms with Crippen LogP contribution in [0.5, 0.6) is 0 Å². The van der Waals surface area contributed by atoms with E-state index in [1.54, 1.807) is 16.5 Å². The van der Waals surface area contributed by atoms with Crippen molar-refractivity contribution in [1.29, 1.82) is 0 Å². The topological polar surface area (TPSA) is 86.3 Å². The van der Waals surface area contributed by atoms with Crippen LogP contribution in [-0.2, 0) is 16.1 Å². The number of morpholine rings is 1. The zero-order valence-electron chi connectivity index (χ0n) is 13.2. The maximum atomic E-state index is 12.5. The Bertz CT molecular complexity index is 726. The highest BCUT2D eigenvalue weighted by atomic mass is 35.5. The summed E-state index contributed by atoms with van der Waals surface area (Å²) in [7, 11) is 0. The second-order valence-corrected chi connectivity index (χ2v) is 5.88. The quantitative estimate of drug-likeness (QED) is 0.841. The number of halogens is 1. The first-order valence-electron chi connectivity index (χ1n) is 7.34. The summed E-state index contributed by atoms with van der Waals surface area (Å²) in [4.78, 5) is 14.2. The Morgan fingerprint density at radius 1 is 1.35 bits per heavy atom. The van der Waals surface area contributed by atoms with Crippen LogP contribution in [0.15, 0.2) is 4.42 Å². The number of ether oxygens (including phenoxy) is 1. The molecule has 1 atom stereocenters. The number of aromatic nitrogens is 4. The summed E-state index contributed by atoms with van der Waals surface area (Å²) in [5.74, 6) is 0.829. The number of amides is 1. The van der Waals surface area contributed by atoms with Crippen LogP contribution >= 0.6 is 11.6 Å².